The van der Waals surface area contributed by atoms with E-state index in [1.807, 2.05) is 72.9 Å². The van der Waals surface area contributed by atoms with E-state index >= 15 is 0 Å². The van der Waals surface area contributed by atoms with Gasteiger partial charge >= 0.3 is 0 Å². The van der Waals surface area contributed by atoms with E-state index in [0.29, 0.717) is 52.8 Å². The Morgan fingerprint density at radius 1 is 0.927 bits per heavy atom. The Kier molecular flexibility index (Phi) is 7.15. The fourth-order valence-corrected chi connectivity index (χ4v) is 6.98. The van der Waals surface area contributed by atoms with Gasteiger partial charge in [0.1, 0.15) is 5.69 Å². The summed E-state index contributed by atoms with van der Waals surface area (Å²) in [5, 5.41) is 10.8. The smallest absolute Gasteiger partial charge is 0.267 e. The molecule has 1 aromatic heterocycles. The predicted octanol–water partition coefficient (Wildman–Crippen LogP) is 5.77. The van der Waals surface area contributed by atoms with Crippen molar-refractivity contribution in [3.63, 3.8) is 0 Å². The molecule has 3 heterocycles. The van der Waals surface area contributed by atoms with Crippen molar-refractivity contribution in [1.82, 2.24) is 14.1 Å². The van der Waals surface area contributed by atoms with Gasteiger partial charge in [-0.15, -0.1) is 0 Å². The summed E-state index contributed by atoms with van der Waals surface area (Å²) < 4.78 is 30.5. The van der Waals surface area contributed by atoms with Crippen molar-refractivity contribution in [3.05, 3.63) is 102 Å². The van der Waals surface area contributed by atoms with Gasteiger partial charge < -0.3 is 0 Å². The van der Waals surface area contributed by atoms with Gasteiger partial charge in [0.2, 0.25) is 10.0 Å². The fraction of sp³-hybridized carbons (Fsp3) is 0.219. The number of benzene rings is 3. The molecule has 0 aliphatic carbocycles. The normalized spacial score (nSPS) is 19.1. The summed E-state index contributed by atoms with van der Waals surface area (Å²) in [5.41, 5.74) is 4.48. The lowest BCUT2D eigenvalue weighted by molar-refractivity contribution is -0.114. The van der Waals surface area contributed by atoms with Crippen LogP contribution in [0.25, 0.3) is 23.0 Å². The lowest BCUT2D eigenvalue weighted by Gasteiger charge is -2.30. The minimum Gasteiger partial charge on any atom is -0.267 e. The predicted molar refractivity (Wildman–Crippen MR) is 161 cm³/mol. The molecule has 6 rings (SSSR count). The Balaban J connectivity index is 1.43. The van der Waals surface area contributed by atoms with Crippen molar-refractivity contribution in [3.8, 4) is 16.9 Å². The lowest BCUT2D eigenvalue weighted by Crippen LogP contribution is -2.39. The molecule has 1 saturated heterocycles. The summed E-state index contributed by atoms with van der Waals surface area (Å²) in [6.45, 7) is 4.93. The van der Waals surface area contributed by atoms with Gasteiger partial charge in [-0.2, -0.15) is 19.5 Å². The van der Waals surface area contributed by atoms with Crippen LogP contribution in [0.5, 0.6) is 0 Å². The maximum absolute atomic E-state index is 13.6. The molecule has 1 amide bonds. The van der Waals surface area contributed by atoms with Crippen LogP contribution in [0.3, 0.4) is 0 Å². The topological polar surface area (TPSA) is 87.9 Å². The van der Waals surface area contributed by atoms with E-state index in [1.165, 1.54) is 5.01 Å². The fourth-order valence-electron chi connectivity index (χ4n) is 5.33. The molecule has 208 valence electrons. The van der Waals surface area contributed by atoms with E-state index in [-0.39, 0.29) is 10.8 Å². The standard InChI is InChI=1S/C32H31N5O3S/c1-23-11-10-18-35(21-23)41(39,40)29-17-9-12-25(19-29)31-26(22-36(34-31)27-13-5-3-6-14-27)20-30-24(2)33-37(32(30)38)28-15-7-4-8-16-28/h3-9,12-17,19-20,22-23H,10-11,18,21H2,1-2H3. The molecule has 2 aliphatic rings. The Morgan fingerprint density at radius 2 is 1.63 bits per heavy atom. The highest BCUT2D eigenvalue weighted by Gasteiger charge is 2.31. The quantitative estimate of drug-likeness (QED) is 0.278. The maximum Gasteiger partial charge on any atom is 0.280 e. The highest BCUT2D eigenvalue weighted by molar-refractivity contribution is 7.89. The van der Waals surface area contributed by atoms with Crippen LogP contribution in [-0.4, -0.2) is 47.2 Å². The third kappa shape index (κ3) is 5.26. The van der Waals surface area contributed by atoms with E-state index in [9.17, 15) is 13.2 Å². The monoisotopic (exact) mass is 565 g/mol. The van der Waals surface area contributed by atoms with E-state index in [2.05, 4.69) is 12.0 Å². The molecule has 3 aromatic carbocycles. The number of hydrogen-bond donors (Lipinski definition) is 0. The molecule has 4 aromatic rings. The van der Waals surface area contributed by atoms with Gasteiger partial charge in [-0.25, -0.2) is 13.1 Å². The summed E-state index contributed by atoms with van der Waals surface area (Å²) in [7, 11) is -3.66. The van der Waals surface area contributed by atoms with Crippen LogP contribution >= 0.6 is 0 Å². The van der Waals surface area contributed by atoms with Crippen molar-refractivity contribution in [1.29, 1.82) is 0 Å². The largest absolute Gasteiger partial charge is 0.280 e. The molecular formula is C32H31N5O3S. The summed E-state index contributed by atoms with van der Waals surface area (Å²) in [6.07, 6.45) is 5.54. The maximum atomic E-state index is 13.6. The third-order valence-corrected chi connectivity index (χ3v) is 9.35. The second-order valence-corrected chi connectivity index (χ2v) is 12.5. The van der Waals surface area contributed by atoms with Crippen molar-refractivity contribution in [2.45, 2.75) is 31.6 Å². The number of amides is 1. The summed E-state index contributed by atoms with van der Waals surface area (Å²) >= 11 is 0. The summed E-state index contributed by atoms with van der Waals surface area (Å²) in [4.78, 5) is 13.7. The van der Waals surface area contributed by atoms with Crippen molar-refractivity contribution >= 4 is 33.4 Å². The van der Waals surface area contributed by atoms with E-state index < -0.39 is 10.0 Å². The Bertz CT molecular complexity index is 1760. The van der Waals surface area contributed by atoms with Crippen LogP contribution in [0.2, 0.25) is 0 Å². The van der Waals surface area contributed by atoms with Gasteiger partial charge in [0, 0.05) is 30.4 Å². The first kappa shape index (κ1) is 26.9. The van der Waals surface area contributed by atoms with Crippen LogP contribution in [0.1, 0.15) is 32.3 Å². The summed E-state index contributed by atoms with van der Waals surface area (Å²) in [5.74, 6) is 0.0912. The molecule has 9 heteroatoms. The molecular weight excluding hydrogens is 534 g/mol. The SMILES string of the molecule is CC1=NN(c2ccccc2)C(=O)C1=Cc1cn(-c2ccccc2)nc1-c1cccc(S(=O)(=O)N2CCCC(C)C2)c1. The first-order valence-electron chi connectivity index (χ1n) is 13.7. The number of sulfonamides is 1. The highest BCUT2D eigenvalue weighted by Crippen LogP contribution is 2.32. The molecule has 2 aliphatic heterocycles. The molecule has 8 nitrogen and oxygen atoms in total. The molecule has 0 bridgehead atoms. The Labute approximate surface area is 240 Å². The second-order valence-electron chi connectivity index (χ2n) is 10.5. The lowest BCUT2D eigenvalue weighted by atomic mass is 10.0. The van der Waals surface area contributed by atoms with Gasteiger partial charge in [0.15, 0.2) is 0 Å². The molecule has 1 atom stereocenters. The van der Waals surface area contributed by atoms with Gasteiger partial charge in [-0.3, -0.25) is 4.79 Å². The molecule has 0 saturated carbocycles. The number of hydrazone groups is 1. The molecule has 41 heavy (non-hydrogen) atoms. The van der Waals surface area contributed by atoms with Crippen LogP contribution in [0.15, 0.2) is 107 Å². The van der Waals surface area contributed by atoms with Gasteiger partial charge in [-0.05, 0) is 68.2 Å². The van der Waals surface area contributed by atoms with Crippen LogP contribution < -0.4 is 5.01 Å². The number of nitrogens with zero attached hydrogens (tertiary/aromatic N) is 5. The highest BCUT2D eigenvalue weighted by atomic mass is 32.2. The first-order valence-corrected chi connectivity index (χ1v) is 15.2. The third-order valence-electron chi connectivity index (χ3n) is 7.49. The van der Waals surface area contributed by atoms with Crippen LogP contribution in [-0.2, 0) is 14.8 Å². The van der Waals surface area contributed by atoms with Crippen molar-refractivity contribution in [2.75, 3.05) is 18.1 Å². The van der Waals surface area contributed by atoms with Gasteiger partial charge in [0.05, 0.1) is 27.6 Å². The average molecular weight is 566 g/mol. The molecule has 0 N–H and O–H groups in total. The number of aromatic nitrogens is 2. The second kappa shape index (κ2) is 10.9. The number of anilines is 1. The van der Waals surface area contributed by atoms with Crippen molar-refractivity contribution in [2.24, 2.45) is 11.0 Å². The molecule has 1 fully saturated rings. The number of hydrogen-bond acceptors (Lipinski definition) is 5. The summed E-state index contributed by atoms with van der Waals surface area (Å²) in [6, 6.07) is 25.9. The minimum absolute atomic E-state index is 0.234. The number of rotatable bonds is 6. The average Bonchev–Trinajstić information content (AvgIpc) is 3.55. The number of carbonyl (C=O) groups excluding carboxylic acids is 1. The Morgan fingerprint density at radius 3 is 2.34 bits per heavy atom. The van der Waals surface area contributed by atoms with Gasteiger partial charge in [0.25, 0.3) is 5.91 Å². The molecule has 1 unspecified atom stereocenters. The number of para-hydroxylation sites is 2. The van der Waals surface area contributed by atoms with E-state index in [1.54, 1.807) is 40.2 Å². The van der Waals surface area contributed by atoms with E-state index in [4.69, 9.17) is 5.10 Å². The van der Waals surface area contributed by atoms with Crippen molar-refractivity contribution < 1.29 is 13.2 Å². The molecule has 0 spiro atoms. The van der Waals surface area contributed by atoms with Gasteiger partial charge in [-0.1, -0.05) is 55.5 Å². The number of carbonyl (C=O) groups is 1. The van der Waals surface area contributed by atoms with Crippen LogP contribution in [0.4, 0.5) is 5.69 Å². The van der Waals surface area contributed by atoms with E-state index in [0.717, 1.165) is 18.5 Å². The Hall–Kier alpha value is -4.34. The first-order chi connectivity index (χ1) is 19.8. The van der Waals surface area contributed by atoms with Crippen LogP contribution in [0, 0.1) is 5.92 Å². The molecule has 0 radical (unpaired) electrons. The zero-order valence-electron chi connectivity index (χ0n) is 23.0. The number of piperidine rings is 1. The zero-order valence-corrected chi connectivity index (χ0v) is 23.8. The zero-order chi connectivity index (χ0) is 28.6. The minimum atomic E-state index is -3.66.